The number of nitrogens with zero attached hydrogens (tertiary/aromatic N) is 3. The number of hydrogen-bond acceptors (Lipinski definition) is 5. The number of likely N-dealkylation sites (N-methyl/N-ethyl adjacent to an activating group) is 1. The van der Waals surface area contributed by atoms with Gasteiger partial charge in [0.2, 0.25) is 5.91 Å². The van der Waals surface area contributed by atoms with Crippen LogP contribution in [-0.2, 0) is 25.7 Å². The minimum Gasteiger partial charge on any atom is -0.366 e. The zero-order valence-electron chi connectivity index (χ0n) is 23.7. The Kier molecular flexibility index (Phi) is 7.79. The maximum Gasteiger partial charge on any atom is 0.416 e. The number of alkyl halides is 3. The normalized spacial score (nSPS) is 18.7. The molecule has 0 radical (unpaired) electrons. The van der Waals surface area contributed by atoms with E-state index >= 15 is 0 Å². The molecule has 218 valence electrons. The van der Waals surface area contributed by atoms with Crippen molar-refractivity contribution in [1.29, 1.82) is 0 Å². The Hall–Kier alpha value is -3.05. The van der Waals surface area contributed by atoms with E-state index in [9.17, 15) is 26.4 Å². The second-order valence-corrected chi connectivity index (χ2v) is 13.4. The van der Waals surface area contributed by atoms with Crippen molar-refractivity contribution < 1.29 is 31.1 Å². The monoisotopic (exact) mass is 579 g/mol. The van der Waals surface area contributed by atoms with Gasteiger partial charge in [0, 0.05) is 40.0 Å². The first kappa shape index (κ1) is 29.9. The number of carbonyl (C=O) groups is 1. The van der Waals surface area contributed by atoms with E-state index in [-0.39, 0.29) is 12.5 Å². The van der Waals surface area contributed by atoms with Crippen LogP contribution in [0.15, 0.2) is 53.4 Å². The molecule has 0 saturated heterocycles. The Morgan fingerprint density at radius 2 is 1.75 bits per heavy atom. The Morgan fingerprint density at radius 1 is 1.05 bits per heavy atom. The van der Waals surface area contributed by atoms with E-state index < -0.39 is 37.9 Å². The number of fused-ring (bicyclic) bond motifs is 1. The van der Waals surface area contributed by atoms with E-state index in [2.05, 4.69) is 0 Å². The fourth-order valence-corrected chi connectivity index (χ4v) is 6.91. The van der Waals surface area contributed by atoms with Crippen molar-refractivity contribution in [2.45, 2.75) is 63.3 Å². The highest BCUT2D eigenvalue weighted by atomic mass is 32.2. The van der Waals surface area contributed by atoms with Gasteiger partial charge in [-0.1, -0.05) is 12.1 Å². The third-order valence-corrected chi connectivity index (χ3v) is 9.01. The summed E-state index contributed by atoms with van der Waals surface area (Å²) in [5.41, 5.74) is 0.814. The molecular weight excluding hydrogens is 543 g/mol. The number of hydrogen-bond donors (Lipinski definition) is 0. The van der Waals surface area contributed by atoms with Gasteiger partial charge in [0.05, 0.1) is 39.6 Å². The number of halogens is 3. The van der Waals surface area contributed by atoms with E-state index in [1.54, 1.807) is 18.0 Å². The van der Waals surface area contributed by atoms with Crippen LogP contribution in [0, 0.1) is 0 Å². The molecule has 0 aromatic heterocycles. The van der Waals surface area contributed by atoms with Crippen LogP contribution in [0.4, 0.5) is 24.5 Å². The number of anilines is 2. The van der Waals surface area contributed by atoms with E-state index in [1.165, 1.54) is 17.3 Å². The van der Waals surface area contributed by atoms with Gasteiger partial charge in [-0.15, -0.1) is 0 Å². The van der Waals surface area contributed by atoms with Gasteiger partial charge in [-0.2, -0.15) is 13.2 Å². The molecule has 7 nitrogen and oxygen atoms in total. The van der Waals surface area contributed by atoms with E-state index in [0.29, 0.717) is 43.5 Å². The highest BCUT2D eigenvalue weighted by Gasteiger charge is 2.37. The van der Waals surface area contributed by atoms with Crippen molar-refractivity contribution >= 4 is 32.9 Å². The Bertz CT molecular complexity index is 1430. The number of benzene rings is 2. The minimum atomic E-state index is -4.67. The fraction of sp³-hybridized carbons (Fsp3) is 0.483. The third kappa shape index (κ3) is 6.30. The van der Waals surface area contributed by atoms with Crippen LogP contribution >= 0.6 is 0 Å². The van der Waals surface area contributed by atoms with Crippen LogP contribution in [0.5, 0.6) is 0 Å². The van der Waals surface area contributed by atoms with Crippen molar-refractivity contribution in [1.82, 2.24) is 4.90 Å². The molecule has 0 N–H and O–H groups in total. The molecule has 0 atom stereocenters. The molecular formula is C29H36F3N3O4S. The van der Waals surface area contributed by atoms with Crippen molar-refractivity contribution in [2.24, 2.45) is 0 Å². The summed E-state index contributed by atoms with van der Waals surface area (Å²) >= 11 is 0. The first-order chi connectivity index (χ1) is 18.4. The van der Waals surface area contributed by atoms with E-state index in [1.807, 2.05) is 50.8 Å². The lowest BCUT2D eigenvalue weighted by Crippen LogP contribution is -2.46. The minimum absolute atomic E-state index is 0.0396. The van der Waals surface area contributed by atoms with Gasteiger partial charge in [0.25, 0.3) is 10.0 Å². The first-order valence-electron chi connectivity index (χ1n) is 13.1. The zero-order chi connectivity index (χ0) is 29.7. The molecule has 0 unspecified atom stereocenters. The average molecular weight is 580 g/mol. The lowest BCUT2D eigenvalue weighted by molar-refractivity contribution is -0.137. The van der Waals surface area contributed by atoms with Gasteiger partial charge in [-0.3, -0.25) is 9.10 Å². The predicted molar refractivity (Wildman–Crippen MR) is 150 cm³/mol. The lowest BCUT2D eigenvalue weighted by Gasteiger charge is -2.41. The molecule has 0 saturated carbocycles. The Balaban J connectivity index is 1.81. The number of amides is 1. The van der Waals surface area contributed by atoms with E-state index in [0.717, 1.165) is 23.3 Å². The molecule has 0 aliphatic carbocycles. The molecule has 0 bridgehead atoms. The molecule has 1 amide bonds. The summed E-state index contributed by atoms with van der Waals surface area (Å²) in [6.07, 6.45) is -2.05. The molecule has 0 fully saturated rings. The van der Waals surface area contributed by atoms with Crippen LogP contribution < -0.4 is 9.21 Å². The molecule has 2 aromatic rings. The zero-order valence-corrected chi connectivity index (χ0v) is 24.5. The van der Waals surface area contributed by atoms with E-state index in [4.69, 9.17) is 4.74 Å². The molecule has 11 heteroatoms. The van der Waals surface area contributed by atoms with Crippen LogP contribution in [-0.4, -0.2) is 63.7 Å². The van der Waals surface area contributed by atoms with Gasteiger partial charge in [0.15, 0.2) is 0 Å². The average Bonchev–Trinajstić information content (AvgIpc) is 2.84. The van der Waals surface area contributed by atoms with Crippen molar-refractivity contribution in [3.8, 4) is 0 Å². The number of ether oxygens (including phenoxy) is 1. The molecule has 2 aromatic carbocycles. The summed E-state index contributed by atoms with van der Waals surface area (Å²) < 4.78 is 75.3. The highest BCUT2D eigenvalue weighted by Crippen LogP contribution is 2.43. The lowest BCUT2D eigenvalue weighted by atomic mass is 9.85. The molecule has 2 aliphatic rings. The molecule has 4 rings (SSSR count). The molecule has 2 aliphatic heterocycles. The number of sulfonamides is 1. The Morgan fingerprint density at radius 3 is 2.38 bits per heavy atom. The number of carbonyl (C=O) groups excluding carboxylic acids is 1. The van der Waals surface area contributed by atoms with Gasteiger partial charge in [-0.25, -0.2) is 8.42 Å². The second kappa shape index (κ2) is 10.4. The standard InChI is InChI=1S/C29H36F3N3O4S/c1-20(36)33(6)12-13-34-14-15-35(40(37,38)24-9-7-8-23(17-24)29(30,31)32)26-16-21(10-11-25(26)34)22-18-27(2,3)39-28(4,5)19-22/h7-11,16-18H,12-15,19H2,1-6H3. The maximum absolute atomic E-state index is 13.8. The summed E-state index contributed by atoms with van der Waals surface area (Å²) in [6.45, 7) is 10.6. The van der Waals surface area contributed by atoms with Gasteiger partial charge < -0.3 is 14.5 Å². The largest absolute Gasteiger partial charge is 0.416 e. The second-order valence-electron chi connectivity index (χ2n) is 11.5. The summed E-state index contributed by atoms with van der Waals surface area (Å²) in [5, 5.41) is 0. The molecule has 40 heavy (non-hydrogen) atoms. The summed E-state index contributed by atoms with van der Waals surface area (Å²) in [6, 6.07) is 9.42. The first-order valence-corrected chi connectivity index (χ1v) is 14.6. The van der Waals surface area contributed by atoms with Crippen LogP contribution in [0.2, 0.25) is 0 Å². The van der Waals surface area contributed by atoms with Gasteiger partial charge >= 0.3 is 6.18 Å². The van der Waals surface area contributed by atoms with Gasteiger partial charge in [-0.05, 0) is 75.2 Å². The van der Waals surface area contributed by atoms with Crippen molar-refractivity contribution in [2.75, 3.05) is 42.4 Å². The summed E-state index contributed by atoms with van der Waals surface area (Å²) in [4.78, 5) is 14.9. The molecule has 0 spiro atoms. The fourth-order valence-electron chi connectivity index (χ4n) is 5.41. The SMILES string of the molecule is CC(=O)N(C)CCN1CCN(S(=O)(=O)c2cccc(C(F)(F)F)c2)c2cc(C3=CC(C)(C)OC(C)(C)C3)ccc21. The third-order valence-electron chi connectivity index (χ3n) is 7.20. The van der Waals surface area contributed by atoms with Crippen molar-refractivity contribution in [3.63, 3.8) is 0 Å². The van der Waals surface area contributed by atoms with Crippen molar-refractivity contribution in [3.05, 3.63) is 59.7 Å². The smallest absolute Gasteiger partial charge is 0.366 e. The number of rotatable bonds is 6. The summed E-state index contributed by atoms with van der Waals surface area (Å²) in [7, 11) is -2.63. The predicted octanol–water partition coefficient (Wildman–Crippen LogP) is 5.56. The van der Waals surface area contributed by atoms with Gasteiger partial charge in [0.1, 0.15) is 0 Å². The van der Waals surface area contributed by atoms with Crippen LogP contribution in [0.25, 0.3) is 5.57 Å². The Labute approximate surface area is 234 Å². The summed E-state index contributed by atoms with van der Waals surface area (Å²) in [5.74, 6) is -0.0852. The molecule has 2 heterocycles. The van der Waals surface area contributed by atoms with Crippen LogP contribution in [0.3, 0.4) is 0 Å². The highest BCUT2D eigenvalue weighted by molar-refractivity contribution is 7.92. The van der Waals surface area contributed by atoms with Crippen LogP contribution in [0.1, 0.15) is 52.2 Å². The quantitative estimate of drug-likeness (QED) is 0.448. The maximum atomic E-state index is 13.8. The topological polar surface area (TPSA) is 70.2 Å².